The molecule has 0 unspecified atom stereocenters. The van der Waals surface area contributed by atoms with E-state index in [1.54, 1.807) is 12.1 Å². The van der Waals surface area contributed by atoms with Crippen LogP contribution in [0, 0.1) is 0 Å². The number of carbonyl (C=O) groups is 2. The lowest BCUT2D eigenvalue weighted by molar-refractivity contribution is -0.147. The molecule has 0 aromatic carbocycles. The van der Waals surface area contributed by atoms with Crippen molar-refractivity contribution in [3.8, 4) is 0 Å². The van der Waals surface area contributed by atoms with Crippen molar-refractivity contribution in [2.75, 3.05) is 7.05 Å². The quantitative estimate of drug-likeness (QED) is 0.924. The molecule has 0 aliphatic carbocycles. The minimum absolute atomic E-state index is 0.213. The Labute approximate surface area is 108 Å². The van der Waals surface area contributed by atoms with Gasteiger partial charge < -0.3 is 10.0 Å². The van der Waals surface area contributed by atoms with Crippen molar-refractivity contribution < 1.29 is 14.7 Å². The number of carboxylic acids is 1. The summed E-state index contributed by atoms with van der Waals surface area (Å²) in [5.74, 6) is -1.49. The molecule has 1 aromatic heterocycles. The van der Waals surface area contributed by atoms with E-state index < -0.39 is 17.4 Å². The van der Waals surface area contributed by atoms with Gasteiger partial charge in [-0.2, -0.15) is 0 Å². The molecule has 5 nitrogen and oxygen atoms in total. The van der Waals surface area contributed by atoms with Crippen LogP contribution in [0.4, 0.5) is 0 Å². The van der Waals surface area contributed by atoms with E-state index in [1.807, 2.05) is 0 Å². The van der Waals surface area contributed by atoms with E-state index in [9.17, 15) is 9.59 Å². The zero-order chi connectivity index (χ0) is 13.2. The normalized spacial score (nSPS) is 11.1. The number of hydrogen-bond acceptors (Lipinski definition) is 3. The molecule has 0 aliphatic heterocycles. The first-order chi connectivity index (χ1) is 7.76. The lowest BCUT2D eigenvalue weighted by atomic mass is 10.0. The SMILES string of the molecule is CN(C(=O)c1ccc(Br)cn1)C(C)(C)C(=O)O. The Morgan fingerprint density at radius 3 is 2.41 bits per heavy atom. The van der Waals surface area contributed by atoms with Gasteiger partial charge in [0.15, 0.2) is 0 Å². The van der Waals surface area contributed by atoms with Crippen LogP contribution < -0.4 is 0 Å². The van der Waals surface area contributed by atoms with Crippen LogP contribution in [-0.2, 0) is 4.79 Å². The smallest absolute Gasteiger partial charge is 0.329 e. The predicted octanol–water partition coefficient (Wildman–Crippen LogP) is 1.78. The summed E-state index contributed by atoms with van der Waals surface area (Å²) in [5, 5.41) is 9.03. The summed E-state index contributed by atoms with van der Waals surface area (Å²) in [6, 6.07) is 3.22. The van der Waals surface area contributed by atoms with Gasteiger partial charge in [0.2, 0.25) is 0 Å². The summed E-state index contributed by atoms with van der Waals surface area (Å²) in [6.45, 7) is 2.93. The average Bonchev–Trinajstić information content (AvgIpc) is 2.27. The Morgan fingerprint density at radius 1 is 1.41 bits per heavy atom. The van der Waals surface area contributed by atoms with Gasteiger partial charge in [-0.25, -0.2) is 9.78 Å². The molecular weight excluding hydrogens is 288 g/mol. The number of aliphatic carboxylic acids is 1. The maximum absolute atomic E-state index is 12.0. The third-order valence-corrected chi connectivity index (χ3v) is 3.08. The number of likely N-dealkylation sites (N-methyl/N-ethyl adjacent to an activating group) is 1. The third kappa shape index (κ3) is 2.82. The molecule has 0 spiro atoms. The van der Waals surface area contributed by atoms with Gasteiger partial charge in [0.1, 0.15) is 11.2 Å². The van der Waals surface area contributed by atoms with Crippen molar-refractivity contribution in [3.63, 3.8) is 0 Å². The highest BCUT2D eigenvalue weighted by atomic mass is 79.9. The Balaban J connectivity index is 2.98. The highest BCUT2D eigenvalue weighted by molar-refractivity contribution is 9.10. The van der Waals surface area contributed by atoms with Gasteiger partial charge in [-0.05, 0) is 41.9 Å². The van der Waals surface area contributed by atoms with Gasteiger partial charge in [0, 0.05) is 17.7 Å². The van der Waals surface area contributed by atoms with Crippen LogP contribution in [0.15, 0.2) is 22.8 Å². The van der Waals surface area contributed by atoms with Crippen molar-refractivity contribution in [1.29, 1.82) is 0 Å². The maximum atomic E-state index is 12.0. The molecule has 0 fully saturated rings. The Kier molecular flexibility index (Phi) is 3.87. The topological polar surface area (TPSA) is 70.5 Å². The molecule has 0 atom stereocenters. The number of rotatable bonds is 3. The Morgan fingerprint density at radius 2 is 2.00 bits per heavy atom. The zero-order valence-electron chi connectivity index (χ0n) is 9.77. The molecule has 0 saturated carbocycles. The van der Waals surface area contributed by atoms with Crippen molar-refractivity contribution >= 4 is 27.8 Å². The van der Waals surface area contributed by atoms with Crippen LogP contribution in [-0.4, -0.2) is 39.5 Å². The van der Waals surface area contributed by atoms with E-state index in [2.05, 4.69) is 20.9 Å². The van der Waals surface area contributed by atoms with Crippen LogP contribution in [0.3, 0.4) is 0 Å². The number of nitrogens with zero attached hydrogens (tertiary/aromatic N) is 2. The van der Waals surface area contributed by atoms with Gasteiger partial charge in [0.05, 0.1) is 0 Å². The number of hydrogen-bond donors (Lipinski definition) is 1. The summed E-state index contributed by atoms with van der Waals surface area (Å²) in [6.07, 6.45) is 1.49. The number of carbonyl (C=O) groups excluding carboxylic acids is 1. The first-order valence-corrected chi connectivity index (χ1v) is 5.69. The number of halogens is 1. The fraction of sp³-hybridized carbons (Fsp3) is 0.364. The first-order valence-electron chi connectivity index (χ1n) is 4.90. The molecule has 1 heterocycles. The summed E-state index contributed by atoms with van der Waals surface area (Å²) < 4.78 is 0.759. The summed E-state index contributed by atoms with van der Waals surface area (Å²) in [7, 11) is 1.44. The minimum atomic E-state index is -1.27. The zero-order valence-corrected chi connectivity index (χ0v) is 11.4. The van der Waals surface area contributed by atoms with Gasteiger partial charge >= 0.3 is 5.97 Å². The van der Waals surface area contributed by atoms with E-state index in [0.29, 0.717) is 0 Å². The second kappa shape index (κ2) is 4.83. The van der Waals surface area contributed by atoms with E-state index in [4.69, 9.17) is 5.11 Å². The summed E-state index contributed by atoms with van der Waals surface area (Å²) in [5.41, 5.74) is -1.06. The molecule has 0 radical (unpaired) electrons. The Bertz CT molecular complexity index is 443. The van der Waals surface area contributed by atoms with Gasteiger partial charge in [-0.15, -0.1) is 0 Å². The van der Waals surface area contributed by atoms with E-state index in [-0.39, 0.29) is 5.69 Å². The second-order valence-corrected chi connectivity index (χ2v) is 5.01. The molecule has 6 heteroatoms. The minimum Gasteiger partial charge on any atom is -0.480 e. The standard InChI is InChI=1S/C11H13BrN2O3/c1-11(2,10(16)17)14(3)9(15)8-5-4-7(12)6-13-8/h4-6H,1-3H3,(H,16,17). The van der Waals surface area contributed by atoms with Crippen molar-refractivity contribution in [2.45, 2.75) is 19.4 Å². The number of pyridine rings is 1. The monoisotopic (exact) mass is 300 g/mol. The Hall–Kier alpha value is -1.43. The van der Waals surface area contributed by atoms with Crippen LogP contribution in [0.25, 0.3) is 0 Å². The molecule has 0 bridgehead atoms. The number of amides is 1. The van der Waals surface area contributed by atoms with Crippen LogP contribution >= 0.6 is 15.9 Å². The largest absolute Gasteiger partial charge is 0.480 e. The second-order valence-electron chi connectivity index (χ2n) is 4.09. The molecule has 1 aromatic rings. The lowest BCUT2D eigenvalue weighted by Gasteiger charge is -2.31. The van der Waals surface area contributed by atoms with Crippen molar-refractivity contribution in [1.82, 2.24) is 9.88 Å². The molecular formula is C11H13BrN2O3. The maximum Gasteiger partial charge on any atom is 0.329 e. The summed E-state index contributed by atoms with van der Waals surface area (Å²) >= 11 is 3.21. The third-order valence-electron chi connectivity index (χ3n) is 2.61. The highest BCUT2D eigenvalue weighted by Crippen LogP contribution is 2.16. The van der Waals surface area contributed by atoms with Crippen LogP contribution in [0.1, 0.15) is 24.3 Å². The predicted molar refractivity (Wildman–Crippen MR) is 65.7 cm³/mol. The molecule has 0 saturated heterocycles. The molecule has 92 valence electrons. The van der Waals surface area contributed by atoms with Crippen LogP contribution in [0.2, 0.25) is 0 Å². The number of aromatic nitrogens is 1. The molecule has 17 heavy (non-hydrogen) atoms. The van der Waals surface area contributed by atoms with Crippen molar-refractivity contribution in [3.05, 3.63) is 28.5 Å². The fourth-order valence-electron chi connectivity index (χ4n) is 1.07. The lowest BCUT2D eigenvalue weighted by Crippen LogP contribution is -2.50. The first kappa shape index (κ1) is 13.6. The van der Waals surface area contributed by atoms with Gasteiger partial charge in [-0.3, -0.25) is 4.79 Å². The molecule has 1 amide bonds. The highest BCUT2D eigenvalue weighted by Gasteiger charge is 2.35. The molecule has 0 aliphatic rings. The van der Waals surface area contributed by atoms with Crippen molar-refractivity contribution in [2.24, 2.45) is 0 Å². The summed E-state index contributed by atoms with van der Waals surface area (Å²) in [4.78, 5) is 28.1. The van der Waals surface area contributed by atoms with Crippen LogP contribution in [0.5, 0.6) is 0 Å². The van der Waals surface area contributed by atoms with E-state index in [0.717, 1.165) is 9.37 Å². The number of carboxylic acid groups (broad SMARTS) is 1. The van der Waals surface area contributed by atoms with Gasteiger partial charge in [-0.1, -0.05) is 0 Å². The van der Waals surface area contributed by atoms with E-state index in [1.165, 1.54) is 27.1 Å². The molecule has 1 rings (SSSR count). The average molecular weight is 301 g/mol. The fourth-order valence-corrected chi connectivity index (χ4v) is 1.31. The molecule has 1 N–H and O–H groups in total. The van der Waals surface area contributed by atoms with Gasteiger partial charge in [0.25, 0.3) is 5.91 Å². The van der Waals surface area contributed by atoms with E-state index >= 15 is 0 Å².